The maximum Gasteiger partial charge on any atom is 0.358 e. The van der Waals surface area contributed by atoms with Gasteiger partial charge in [-0.3, -0.25) is 0 Å². The van der Waals surface area contributed by atoms with E-state index in [1.807, 2.05) is 67.8 Å². The van der Waals surface area contributed by atoms with Crippen LogP contribution in [0.2, 0.25) is 0 Å². The van der Waals surface area contributed by atoms with Crippen molar-refractivity contribution in [1.29, 1.82) is 0 Å². The van der Waals surface area contributed by atoms with E-state index in [9.17, 15) is 9.59 Å². The van der Waals surface area contributed by atoms with Crippen LogP contribution >= 0.6 is 0 Å². The number of anilines is 1. The average molecular weight is 492 g/mol. The number of benzene rings is 2. The van der Waals surface area contributed by atoms with E-state index in [1.165, 1.54) is 0 Å². The lowest BCUT2D eigenvalue weighted by Crippen LogP contribution is -2.24. The van der Waals surface area contributed by atoms with Crippen molar-refractivity contribution in [1.82, 2.24) is 9.55 Å². The topological polar surface area (TPSA) is 82.5 Å². The quantitative estimate of drug-likeness (QED) is 0.344. The molecular formula is C29H37N3O4. The third kappa shape index (κ3) is 6.53. The highest BCUT2D eigenvalue weighted by Crippen LogP contribution is 2.27. The van der Waals surface area contributed by atoms with Crippen molar-refractivity contribution in [3.8, 4) is 11.1 Å². The molecule has 2 aromatic carbocycles. The smallest absolute Gasteiger partial charge is 0.358 e. The number of ether oxygens (including phenoxy) is 2. The van der Waals surface area contributed by atoms with Gasteiger partial charge in [0.2, 0.25) is 0 Å². The first-order valence-electron chi connectivity index (χ1n) is 12.5. The zero-order valence-electron chi connectivity index (χ0n) is 22.2. The van der Waals surface area contributed by atoms with Crippen LogP contribution in [0.4, 0.5) is 5.82 Å². The minimum atomic E-state index is -0.572. The summed E-state index contributed by atoms with van der Waals surface area (Å²) in [6, 6.07) is 15.5. The van der Waals surface area contributed by atoms with E-state index in [0.29, 0.717) is 30.2 Å². The van der Waals surface area contributed by atoms with E-state index in [4.69, 9.17) is 14.5 Å². The maximum atomic E-state index is 12.8. The molecule has 36 heavy (non-hydrogen) atoms. The molecule has 0 saturated carbocycles. The lowest BCUT2D eigenvalue weighted by atomic mass is 9.98. The fraction of sp³-hybridized carbons (Fsp3) is 0.414. The first kappa shape index (κ1) is 27.0. The van der Waals surface area contributed by atoms with Gasteiger partial charge in [-0.2, -0.15) is 0 Å². The van der Waals surface area contributed by atoms with Crippen LogP contribution in [0.25, 0.3) is 11.1 Å². The third-order valence-corrected chi connectivity index (χ3v) is 5.66. The van der Waals surface area contributed by atoms with E-state index in [0.717, 1.165) is 41.8 Å². The molecule has 7 heteroatoms. The monoisotopic (exact) mass is 491 g/mol. The van der Waals surface area contributed by atoms with Crippen LogP contribution in [0.5, 0.6) is 0 Å². The van der Waals surface area contributed by atoms with Gasteiger partial charge in [-0.1, -0.05) is 55.8 Å². The van der Waals surface area contributed by atoms with Crippen LogP contribution in [0, 0.1) is 0 Å². The Morgan fingerprint density at radius 1 is 1.00 bits per heavy atom. The molecule has 0 spiro atoms. The number of carbonyl (C=O) groups is 2. The predicted molar refractivity (Wildman–Crippen MR) is 142 cm³/mol. The Morgan fingerprint density at radius 3 is 2.31 bits per heavy atom. The lowest BCUT2D eigenvalue weighted by Gasteiger charge is -2.20. The molecule has 1 heterocycles. The summed E-state index contributed by atoms with van der Waals surface area (Å²) in [6.45, 7) is 10.3. The Morgan fingerprint density at radius 2 is 1.69 bits per heavy atom. The summed E-state index contributed by atoms with van der Waals surface area (Å²) < 4.78 is 12.9. The summed E-state index contributed by atoms with van der Waals surface area (Å²) in [5.74, 6) is 0.644. The van der Waals surface area contributed by atoms with Crippen LogP contribution in [0.1, 0.15) is 79.7 Å². The Labute approximate surface area is 213 Å². The van der Waals surface area contributed by atoms with Crippen molar-refractivity contribution in [2.75, 3.05) is 19.0 Å². The van der Waals surface area contributed by atoms with Gasteiger partial charge >= 0.3 is 11.9 Å². The molecule has 0 amide bonds. The second-order valence-corrected chi connectivity index (χ2v) is 9.63. The van der Waals surface area contributed by atoms with Crippen LogP contribution in [-0.2, 0) is 22.4 Å². The number of carbonyl (C=O) groups excluding carboxylic acids is 2. The highest BCUT2D eigenvalue weighted by atomic mass is 16.6. The summed E-state index contributed by atoms with van der Waals surface area (Å²) >= 11 is 0. The maximum absolute atomic E-state index is 12.8. The van der Waals surface area contributed by atoms with Crippen molar-refractivity contribution in [2.45, 2.75) is 66.0 Å². The van der Waals surface area contributed by atoms with E-state index >= 15 is 0 Å². The molecule has 0 fully saturated rings. The zero-order chi connectivity index (χ0) is 26.3. The molecule has 0 aliphatic carbocycles. The van der Waals surface area contributed by atoms with E-state index in [2.05, 4.69) is 12.2 Å². The number of rotatable bonds is 10. The molecule has 0 radical (unpaired) electrons. The Balaban J connectivity index is 1.94. The highest BCUT2D eigenvalue weighted by Gasteiger charge is 2.24. The van der Waals surface area contributed by atoms with E-state index in [1.54, 1.807) is 20.0 Å². The molecule has 0 saturated heterocycles. The first-order valence-corrected chi connectivity index (χ1v) is 12.5. The SMILES string of the molecule is CCCCc1nc(NC)c(C(=O)OCC)n1Cc1ccc(-c2ccccc2C(=O)OC(C)(C)C)cc1. The molecule has 3 aromatic rings. The predicted octanol–water partition coefficient (Wildman–Crippen LogP) is 6.11. The van der Waals surface area contributed by atoms with Crippen molar-refractivity contribution < 1.29 is 19.1 Å². The summed E-state index contributed by atoms with van der Waals surface area (Å²) in [6.07, 6.45) is 2.77. The fourth-order valence-corrected chi connectivity index (χ4v) is 3.99. The van der Waals surface area contributed by atoms with Gasteiger partial charge in [0.1, 0.15) is 11.4 Å². The number of hydrogen-bond acceptors (Lipinski definition) is 6. The van der Waals surface area contributed by atoms with Gasteiger partial charge in [0, 0.05) is 20.0 Å². The zero-order valence-corrected chi connectivity index (χ0v) is 22.2. The Bertz CT molecular complexity index is 1190. The van der Waals surface area contributed by atoms with Crippen molar-refractivity contribution in [3.63, 3.8) is 0 Å². The average Bonchev–Trinajstić information content (AvgIpc) is 3.19. The molecule has 192 valence electrons. The van der Waals surface area contributed by atoms with Gasteiger partial charge in [0.05, 0.1) is 12.2 Å². The molecule has 0 bridgehead atoms. The Kier molecular flexibility index (Phi) is 8.91. The molecule has 0 unspecified atom stereocenters. The van der Waals surface area contributed by atoms with Crippen LogP contribution < -0.4 is 5.32 Å². The largest absolute Gasteiger partial charge is 0.461 e. The first-order chi connectivity index (χ1) is 17.2. The normalized spacial score (nSPS) is 11.3. The molecule has 0 aliphatic heterocycles. The molecular weight excluding hydrogens is 454 g/mol. The second-order valence-electron chi connectivity index (χ2n) is 9.63. The minimum absolute atomic E-state index is 0.295. The van der Waals surface area contributed by atoms with Gasteiger partial charge in [-0.25, -0.2) is 14.6 Å². The number of nitrogens with one attached hydrogen (secondary N) is 1. The summed E-state index contributed by atoms with van der Waals surface area (Å²) in [7, 11) is 1.76. The summed E-state index contributed by atoms with van der Waals surface area (Å²) in [5, 5.41) is 3.04. The fourth-order valence-electron chi connectivity index (χ4n) is 3.99. The molecule has 3 rings (SSSR count). The summed E-state index contributed by atoms with van der Waals surface area (Å²) in [5.41, 5.74) is 3.13. The Hall–Kier alpha value is -3.61. The molecule has 7 nitrogen and oxygen atoms in total. The number of unbranched alkanes of at least 4 members (excludes halogenated alkanes) is 1. The van der Waals surface area contributed by atoms with Crippen molar-refractivity contribution in [2.24, 2.45) is 0 Å². The molecule has 1 N–H and O–H groups in total. The number of aryl methyl sites for hydroxylation is 1. The van der Waals surface area contributed by atoms with Gasteiger partial charge in [0.15, 0.2) is 11.5 Å². The third-order valence-electron chi connectivity index (χ3n) is 5.66. The van der Waals surface area contributed by atoms with Gasteiger partial charge in [-0.15, -0.1) is 0 Å². The lowest BCUT2D eigenvalue weighted by molar-refractivity contribution is 0.00702. The number of aromatic nitrogens is 2. The summed E-state index contributed by atoms with van der Waals surface area (Å²) in [4.78, 5) is 30.3. The van der Waals surface area contributed by atoms with Gasteiger partial charge in [-0.05, 0) is 56.9 Å². The van der Waals surface area contributed by atoms with Crippen molar-refractivity contribution >= 4 is 17.8 Å². The molecule has 1 aromatic heterocycles. The van der Waals surface area contributed by atoms with Gasteiger partial charge < -0.3 is 19.4 Å². The standard InChI is InChI=1S/C29H37N3O4/c1-7-9-14-24-31-26(30-6)25(28(34)35-8-2)32(24)19-20-15-17-21(18-16-20)22-12-10-11-13-23(22)27(33)36-29(3,4)5/h10-13,15-18,30H,7-9,14,19H2,1-6H3. The van der Waals surface area contributed by atoms with Crippen LogP contribution in [0.15, 0.2) is 48.5 Å². The van der Waals surface area contributed by atoms with Crippen LogP contribution in [0.3, 0.4) is 0 Å². The number of nitrogens with zero attached hydrogens (tertiary/aromatic N) is 2. The number of imidazole rings is 1. The number of esters is 2. The highest BCUT2D eigenvalue weighted by molar-refractivity contribution is 5.97. The van der Waals surface area contributed by atoms with Gasteiger partial charge in [0.25, 0.3) is 0 Å². The molecule has 0 aliphatic rings. The second kappa shape index (κ2) is 11.9. The van der Waals surface area contributed by atoms with E-state index in [-0.39, 0.29) is 11.9 Å². The number of hydrogen-bond donors (Lipinski definition) is 1. The van der Waals surface area contributed by atoms with E-state index < -0.39 is 5.60 Å². The minimum Gasteiger partial charge on any atom is -0.461 e. The van der Waals surface area contributed by atoms with Crippen LogP contribution in [-0.4, -0.2) is 40.7 Å². The molecule has 0 atom stereocenters. The van der Waals surface area contributed by atoms with Crippen molar-refractivity contribution in [3.05, 3.63) is 71.2 Å².